The van der Waals surface area contributed by atoms with E-state index in [1.54, 1.807) is 42.7 Å². The van der Waals surface area contributed by atoms with Crippen LogP contribution in [0.25, 0.3) is 0 Å². The fourth-order valence-corrected chi connectivity index (χ4v) is 3.45. The zero-order chi connectivity index (χ0) is 21.6. The van der Waals surface area contributed by atoms with Crippen molar-refractivity contribution in [3.05, 3.63) is 84.2 Å². The van der Waals surface area contributed by atoms with Crippen molar-refractivity contribution in [3.63, 3.8) is 0 Å². The molecule has 0 saturated heterocycles. The Morgan fingerprint density at radius 3 is 2.58 bits per heavy atom. The van der Waals surface area contributed by atoms with E-state index in [9.17, 15) is 9.59 Å². The number of amides is 1. The van der Waals surface area contributed by atoms with Gasteiger partial charge in [0.15, 0.2) is 5.92 Å². The molecule has 31 heavy (non-hydrogen) atoms. The van der Waals surface area contributed by atoms with Gasteiger partial charge in [-0.25, -0.2) is 4.98 Å². The van der Waals surface area contributed by atoms with E-state index in [2.05, 4.69) is 10.3 Å². The maximum absolute atomic E-state index is 13.8. The fraction of sp³-hybridized carbons (Fsp3) is 0.292. The number of hydrogen-bond donors (Lipinski definition) is 1. The molecule has 1 aromatic carbocycles. The molecular weight excluding hydrogens is 414 g/mol. The lowest BCUT2D eigenvalue weighted by atomic mass is 9.97. The van der Waals surface area contributed by atoms with Crippen LogP contribution < -0.4 is 10.2 Å². The average Bonchev–Trinajstić information content (AvgIpc) is 3.63. The summed E-state index contributed by atoms with van der Waals surface area (Å²) < 4.78 is 5.53. The quantitative estimate of drug-likeness (QED) is 0.294. The van der Waals surface area contributed by atoms with Gasteiger partial charge in [-0.3, -0.25) is 14.5 Å². The lowest BCUT2D eigenvalue weighted by Crippen LogP contribution is -2.41. The van der Waals surface area contributed by atoms with Gasteiger partial charge >= 0.3 is 5.97 Å². The largest absolute Gasteiger partial charge is 0.465 e. The first-order chi connectivity index (χ1) is 15.1. The lowest BCUT2D eigenvalue weighted by molar-refractivity contribution is -0.148. The number of hydrogen-bond acceptors (Lipinski definition) is 5. The number of rotatable bonds is 8. The van der Waals surface area contributed by atoms with Crippen molar-refractivity contribution < 1.29 is 14.3 Å². The summed E-state index contributed by atoms with van der Waals surface area (Å²) in [5, 5.41) is 3.02. The zero-order valence-corrected chi connectivity index (χ0v) is 17.7. The van der Waals surface area contributed by atoms with Gasteiger partial charge in [0.05, 0.1) is 13.2 Å². The minimum absolute atomic E-state index is 0.238. The average molecular weight is 438 g/mol. The molecule has 2 aromatic rings. The number of carbonyl (C=O) groups is 2. The number of aromatic nitrogens is 1. The van der Waals surface area contributed by atoms with Crippen molar-refractivity contribution in [1.29, 1.82) is 0 Å². The van der Waals surface area contributed by atoms with E-state index in [-0.39, 0.29) is 18.0 Å². The van der Waals surface area contributed by atoms with Gasteiger partial charge in [0, 0.05) is 12.4 Å². The van der Waals surface area contributed by atoms with Gasteiger partial charge in [-0.05, 0) is 48.1 Å². The molecule has 2 unspecified atom stereocenters. The number of pyridine rings is 1. The molecule has 1 aromatic heterocycles. The number of carbonyl (C=O) groups excluding carboxylic acids is 2. The van der Waals surface area contributed by atoms with Crippen LogP contribution in [0.15, 0.2) is 78.7 Å². The van der Waals surface area contributed by atoms with E-state index in [0.717, 1.165) is 18.4 Å². The van der Waals surface area contributed by atoms with Crippen LogP contribution in [-0.4, -0.2) is 35.5 Å². The van der Waals surface area contributed by atoms with Crippen LogP contribution in [-0.2, 0) is 14.3 Å². The first kappa shape index (κ1) is 21.1. The van der Waals surface area contributed by atoms with E-state index < -0.39 is 11.9 Å². The Labute approximate surface area is 186 Å². The molecule has 7 heteroatoms. The van der Waals surface area contributed by atoms with Crippen molar-refractivity contribution in [2.45, 2.75) is 24.3 Å². The minimum atomic E-state index is -1.07. The number of nitrogens with zero attached hydrogens (tertiary/aromatic N) is 2. The van der Waals surface area contributed by atoms with Crippen LogP contribution in [0.1, 0.15) is 24.3 Å². The van der Waals surface area contributed by atoms with Gasteiger partial charge in [0.1, 0.15) is 11.3 Å². The Kier molecular flexibility index (Phi) is 6.67. The van der Waals surface area contributed by atoms with Gasteiger partial charge < -0.3 is 10.1 Å². The van der Waals surface area contributed by atoms with E-state index in [0.29, 0.717) is 23.9 Å². The molecule has 0 bridgehead atoms. The fourth-order valence-electron chi connectivity index (χ4n) is 3.31. The Morgan fingerprint density at radius 2 is 1.94 bits per heavy atom. The molecular formula is C24H24ClN3O3. The number of dihydropyridines is 1. The molecule has 1 saturated carbocycles. The first-order valence-corrected chi connectivity index (χ1v) is 10.8. The first-order valence-electron chi connectivity index (χ1n) is 10.3. The van der Waals surface area contributed by atoms with Gasteiger partial charge in [-0.2, -0.15) is 0 Å². The SMILES string of the molecule is O=C(OCC1CC1)C(C(=O)N(CC1=CNC(Cl)C=C1)c1ccccn1)c1ccccc1. The second-order valence-corrected chi connectivity index (χ2v) is 8.15. The third-order valence-corrected chi connectivity index (χ3v) is 5.49. The van der Waals surface area contributed by atoms with Crippen molar-refractivity contribution in [3.8, 4) is 0 Å². The standard InChI is InChI=1S/C24H24ClN3O3/c25-20-12-11-18(14-27-20)15-28(21-8-4-5-13-26-21)23(29)22(19-6-2-1-3-7-19)24(30)31-16-17-9-10-17/h1-8,11-14,17,20,22,27H,9-10,15-16H2. The van der Waals surface area contributed by atoms with E-state index >= 15 is 0 Å². The van der Waals surface area contributed by atoms with Crippen molar-refractivity contribution in [1.82, 2.24) is 10.3 Å². The Hall–Kier alpha value is -3.12. The van der Waals surface area contributed by atoms with E-state index in [1.807, 2.05) is 30.3 Å². The van der Waals surface area contributed by atoms with Gasteiger partial charge in [-0.15, -0.1) is 0 Å². The molecule has 2 atom stereocenters. The molecule has 0 spiro atoms. The number of ether oxygens (including phenoxy) is 1. The summed E-state index contributed by atoms with van der Waals surface area (Å²) >= 11 is 6.04. The maximum atomic E-state index is 13.8. The third kappa shape index (κ3) is 5.52. The van der Waals surface area contributed by atoms with Crippen LogP contribution >= 0.6 is 11.6 Å². The number of anilines is 1. The van der Waals surface area contributed by atoms with E-state index in [4.69, 9.17) is 16.3 Å². The van der Waals surface area contributed by atoms with Crippen LogP contribution in [0, 0.1) is 5.92 Å². The summed E-state index contributed by atoms with van der Waals surface area (Å²) in [5.41, 5.74) is 1.15. The molecule has 1 aliphatic carbocycles. The summed E-state index contributed by atoms with van der Waals surface area (Å²) in [6, 6.07) is 14.4. The number of halogens is 1. The molecule has 1 aliphatic heterocycles. The summed E-state index contributed by atoms with van der Waals surface area (Å²) in [7, 11) is 0. The highest BCUT2D eigenvalue weighted by atomic mass is 35.5. The molecule has 2 aliphatic rings. The van der Waals surface area contributed by atoms with Crippen molar-refractivity contribution >= 4 is 29.3 Å². The highest BCUT2D eigenvalue weighted by molar-refractivity contribution is 6.21. The Morgan fingerprint density at radius 1 is 1.16 bits per heavy atom. The smallest absolute Gasteiger partial charge is 0.323 e. The molecule has 160 valence electrons. The Balaban J connectivity index is 1.64. The normalized spacial score (nSPS) is 18.5. The summed E-state index contributed by atoms with van der Waals surface area (Å²) in [6.45, 7) is 0.593. The molecule has 6 nitrogen and oxygen atoms in total. The maximum Gasteiger partial charge on any atom is 0.323 e. The number of benzene rings is 1. The van der Waals surface area contributed by atoms with Gasteiger partial charge in [-0.1, -0.05) is 54.1 Å². The summed E-state index contributed by atoms with van der Waals surface area (Å²) in [5.74, 6) is -1.10. The second-order valence-electron chi connectivity index (χ2n) is 7.68. The van der Waals surface area contributed by atoms with Gasteiger partial charge in [0.2, 0.25) is 5.91 Å². The summed E-state index contributed by atoms with van der Waals surface area (Å²) in [4.78, 5) is 32.7. The summed E-state index contributed by atoms with van der Waals surface area (Å²) in [6.07, 6.45) is 9.18. The predicted molar refractivity (Wildman–Crippen MR) is 119 cm³/mol. The molecule has 4 rings (SSSR count). The van der Waals surface area contributed by atoms with Crippen LogP contribution in [0.5, 0.6) is 0 Å². The minimum Gasteiger partial charge on any atom is -0.465 e. The van der Waals surface area contributed by atoms with Crippen LogP contribution in [0.2, 0.25) is 0 Å². The number of nitrogens with one attached hydrogen (secondary N) is 1. The zero-order valence-electron chi connectivity index (χ0n) is 17.0. The second kappa shape index (κ2) is 9.79. The number of esters is 1. The molecule has 2 heterocycles. The topological polar surface area (TPSA) is 71.5 Å². The highest BCUT2D eigenvalue weighted by Gasteiger charge is 2.36. The van der Waals surface area contributed by atoms with Crippen LogP contribution in [0.3, 0.4) is 0 Å². The Bertz CT molecular complexity index is 974. The van der Waals surface area contributed by atoms with Crippen molar-refractivity contribution in [2.24, 2.45) is 5.92 Å². The molecule has 1 N–H and O–H groups in total. The van der Waals surface area contributed by atoms with E-state index in [1.165, 1.54) is 4.90 Å². The van der Waals surface area contributed by atoms with Crippen molar-refractivity contribution in [2.75, 3.05) is 18.1 Å². The predicted octanol–water partition coefficient (Wildman–Crippen LogP) is 3.76. The third-order valence-electron chi connectivity index (χ3n) is 5.21. The molecule has 1 amide bonds. The lowest BCUT2D eigenvalue weighted by Gasteiger charge is -2.27. The number of alkyl halides is 1. The highest BCUT2D eigenvalue weighted by Crippen LogP contribution is 2.30. The van der Waals surface area contributed by atoms with Crippen LogP contribution in [0.4, 0.5) is 5.82 Å². The monoisotopic (exact) mass is 437 g/mol. The molecule has 0 radical (unpaired) electrons. The molecule has 1 fully saturated rings. The van der Waals surface area contributed by atoms with Gasteiger partial charge in [0.25, 0.3) is 0 Å².